The molecule has 0 unspecified atom stereocenters. The monoisotopic (exact) mass is 292 g/mol. The number of rotatable bonds is 0. The highest BCUT2D eigenvalue weighted by Gasteiger charge is 2.56. The zero-order valence-corrected chi connectivity index (χ0v) is 12.6. The van der Waals surface area contributed by atoms with Crippen LogP contribution in [0.15, 0.2) is 11.6 Å². The van der Waals surface area contributed by atoms with Crippen LogP contribution in [0.4, 0.5) is 0 Å². The van der Waals surface area contributed by atoms with Crippen LogP contribution in [0, 0.1) is 17.3 Å². The second-order valence-electron chi connectivity index (χ2n) is 7.37. The van der Waals surface area contributed by atoms with Crippen LogP contribution in [0.1, 0.15) is 45.4 Å². The molecule has 1 heterocycles. The number of ether oxygens (including phenoxy) is 2. The third-order valence-corrected chi connectivity index (χ3v) is 6.33. The van der Waals surface area contributed by atoms with Crippen LogP contribution in [0.5, 0.6) is 0 Å². The summed E-state index contributed by atoms with van der Waals surface area (Å²) in [5, 5.41) is 10.5. The molecule has 0 aromatic carbocycles. The summed E-state index contributed by atoms with van der Waals surface area (Å²) in [6, 6.07) is 0. The van der Waals surface area contributed by atoms with Crippen molar-refractivity contribution >= 4 is 5.78 Å². The molecule has 0 aromatic heterocycles. The first-order valence-corrected chi connectivity index (χ1v) is 8.22. The van der Waals surface area contributed by atoms with Gasteiger partial charge in [0.1, 0.15) is 5.78 Å². The van der Waals surface area contributed by atoms with E-state index in [4.69, 9.17) is 9.47 Å². The van der Waals surface area contributed by atoms with Gasteiger partial charge in [0.15, 0.2) is 5.79 Å². The predicted octanol–water partition coefficient (Wildman–Crippen LogP) is 2.21. The summed E-state index contributed by atoms with van der Waals surface area (Å²) < 4.78 is 11.7. The molecule has 1 N–H and O–H groups in total. The molecule has 0 bridgehead atoms. The van der Waals surface area contributed by atoms with E-state index in [1.807, 2.05) is 0 Å². The van der Waals surface area contributed by atoms with Crippen LogP contribution in [-0.4, -0.2) is 36.0 Å². The maximum atomic E-state index is 12.3. The quantitative estimate of drug-likeness (QED) is 0.696. The van der Waals surface area contributed by atoms with E-state index in [1.54, 1.807) is 0 Å². The molecule has 1 aliphatic heterocycles. The Morgan fingerprint density at radius 1 is 1.29 bits per heavy atom. The van der Waals surface area contributed by atoms with Gasteiger partial charge in [0.05, 0.1) is 19.3 Å². The van der Waals surface area contributed by atoms with E-state index in [-0.39, 0.29) is 23.4 Å². The van der Waals surface area contributed by atoms with Crippen molar-refractivity contribution in [3.05, 3.63) is 11.6 Å². The zero-order valence-electron chi connectivity index (χ0n) is 12.6. The molecule has 1 spiro atoms. The average Bonchev–Trinajstić information content (AvgIpc) is 2.92. The lowest BCUT2D eigenvalue weighted by atomic mass is 9.52. The SMILES string of the molecule is C[C@]12CCC3(CC1=CC[C@@H]1C(=O)CC[C@H](O)[C@H]12)OCCO3. The van der Waals surface area contributed by atoms with Gasteiger partial charge in [-0.3, -0.25) is 4.79 Å². The van der Waals surface area contributed by atoms with Gasteiger partial charge in [-0.15, -0.1) is 0 Å². The molecule has 4 aliphatic rings. The number of aliphatic hydroxyl groups is 1. The number of hydrogen-bond donors (Lipinski definition) is 1. The highest BCUT2D eigenvalue weighted by Crippen LogP contribution is 2.58. The zero-order chi connectivity index (χ0) is 14.7. The Morgan fingerprint density at radius 3 is 2.81 bits per heavy atom. The van der Waals surface area contributed by atoms with Crippen LogP contribution in [0.3, 0.4) is 0 Å². The fourth-order valence-electron chi connectivity index (χ4n) is 5.16. The first kappa shape index (κ1) is 13.9. The van der Waals surface area contributed by atoms with E-state index in [0.29, 0.717) is 31.8 Å². The maximum Gasteiger partial charge on any atom is 0.172 e. The van der Waals surface area contributed by atoms with Crippen molar-refractivity contribution in [2.45, 2.75) is 57.3 Å². The molecule has 3 aliphatic carbocycles. The lowest BCUT2D eigenvalue weighted by molar-refractivity contribution is -0.187. The summed E-state index contributed by atoms with van der Waals surface area (Å²) in [5.74, 6) is 0.0110. The van der Waals surface area contributed by atoms with Crippen molar-refractivity contribution in [2.75, 3.05) is 13.2 Å². The van der Waals surface area contributed by atoms with Crippen molar-refractivity contribution in [1.82, 2.24) is 0 Å². The molecule has 4 heteroatoms. The number of Topliss-reactive ketones (excluding diaryl/α,β-unsaturated/α-hetero) is 1. The van der Waals surface area contributed by atoms with Gasteiger partial charge < -0.3 is 14.6 Å². The van der Waals surface area contributed by atoms with Crippen LogP contribution in [0.2, 0.25) is 0 Å². The molecule has 4 nitrogen and oxygen atoms in total. The number of aliphatic hydroxyl groups excluding tert-OH is 1. The Hall–Kier alpha value is -0.710. The third-order valence-electron chi connectivity index (χ3n) is 6.33. The number of carbonyl (C=O) groups is 1. The van der Waals surface area contributed by atoms with Crippen molar-refractivity contribution in [2.24, 2.45) is 17.3 Å². The average molecular weight is 292 g/mol. The Bertz CT molecular complexity index is 491. The van der Waals surface area contributed by atoms with E-state index >= 15 is 0 Å². The number of ketones is 1. The number of allylic oxidation sites excluding steroid dienone is 1. The second kappa shape index (κ2) is 4.64. The Kier molecular flexibility index (Phi) is 3.08. The van der Waals surface area contributed by atoms with E-state index in [9.17, 15) is 9.90 Å². The summed E-state index contributed by atoms with van der Waals surface area (Å²) in [5.41, 5.74) is 1.27. The van der Waals surface area contributed by atoms with Gasteiger partial charge in [0.25, 0.3) is 0 Å². The van der Waals surface area contributed by atoms with Crippen LogP contribution >= 0.6 is 0 Å². The molecule has 2 saturated carbocycles. The van der Waals surface area contributed by atoms with Crippen molar-refractivity contribution < 1.29 is 19.4 Å². The lowest BCUT2D eigenvalue weighted by Gasteiger charge is -2.54. The molecule has 0 radical (unpaired) electrons. The highest BCUT2D eigenvalue weighted by atomic mass is 16.7. The van der Waals surface area contributed by atoms with E-state index in [1.165, 1.54) is 5.57 Å². The largest absolute Gasteiger partial charge is 0.393 e. The molecule has 0 amide bonds. The maximum absolute atomic E-state index is 12.3. The summed E-state index contributed by atoms with van der Waals surface area (Å²) in [6.07, 6.45) is 6.44. The van der Waals surface area contributed by atoms with Crippen molar-refractivity contribution in [1.29, 1.82) is 0 Å². The molecule has 4 rings (SSSR count). The predicted molar refractivity (Wildman–Crippen MR) is 76.5 cm³/mol. The van der Waals surface area contributed by atoms with Gasteiger partial charge in [-0.1, -0.05) is 18.6 Å². The number of hydrogen-bond acceptors (Lipinski definition) is 4. The Morgan fingerprint density at radius 2 is 2.05 bits per heavy atom. The van der Waals surface area contributed by atoms with Crippen LogP contribution in [0.25, 0.3) is 0 Å². The Balaban J connectivity index is 1.68. The standard InChI is InChI=1S/C17H24O4/c1-16-6-7-17(20-8-9-21-17)10-11(16)2-3-12-13(18)4-5-14(19)15(12)16/h2,12,14-15,19H,3-10H2,1H3/t12-,14+,15+,16+/m1/s1. The molecule has 1 saturated heterocycles. The van der Waals surface area contributed by atoms with Crippen LogP contribution < -0.4 is 0 Å². The first-order valence-electron chi connectivity index (χ1n) is 8.22. The van der Waals surface area contributed by atoms with E-state index in [0.717, 1.165) is 25.7 Å². The van der Waals surface area contributed by atoms with E-state index in [2.05, 4.69) is 13.0 Å². The minimum atomic E-state index is -0.429. The normalized spacial score (nSPS) is 45.1. The summed E-state index contributed by atoms with van der Waals surface area (Å²) in [7, 11) is 0. The summed E-state index contributed by atoms with van der Waals surface area (Å²) in [6.45, 7) is 3.59. The molecular weight excluding hydrogens is 268 g/mol. The summed E-state index contributed by atoms with van der Waals surface area (Å²) >= 11 is 0. The topological polar surface area (TPSA) is 55.8 Å². The Labute approximate surface area is 125 Å². The molecular formula is C17H24O4. The molecule has 4 atom stereocenters. The number of carbonyl (C=O) groups excluding carboxylic acids is 1. The molecule has 116 valence electrons. The van der Waals surface area contributed by atoms with Gasteiger partial charge >= 0.3 is 0 Å². The van der Waals surface area contributed by atoms with Gasteiger partial charge in [-0.2, -0.15) is 0 Å². The second-order valence-corrected chi connectivity index (χ2v) is 7.37. The smallest absolute Gasteiger partial charge is 0.172 e. The molecule has 3 fully saturated rings. The third kappa shape index (κ3) is 1.96. The summed E-state index contributed by atoms with van der Waals surface area (Å²) in [4.78, 5) is 12.3. The van der Waals surface area contributed by atoms with Gasteiger partial charge in [0, 0.05) is 31.1 Å². The van der Waals surface area contributed by atoms with Crippen molar-refractivity contribution in [3.8, 4) is 0 Å². The molecule has 21 heavy (non-hydrogen) atoms. The highest BCUT2D eigenvalue weighted by molar-refractivity contribution is 5.83. The lowest BCUT2D eigenvalue weighted by Crippen LogP contribution is -2.53. The van der Waals surface area contributed by atoms with Gasteiger partial charge in [0.2, 0.25) is 0 Å². The van der Waals surface area contributed by atoms with Gasteiger partial charge in [-0.25, -0.2) is 0 Å². The number of fused-ring (bicyclic) bond motifs is 3. The van der Waals surface area contributed by atoms with Crippen LogP contribution in [-0.2, 0) is 14.3 Å². The fraction of sp³-hybridized carbons (Fsp3) is 0.824. The molecule has 0 aromatic rings. The minimum absolute atomic E-state index is 0.0157. The van der Waals surface area contributed by atoms with Crippen molar-refractivity contribution in [3.63, 3.8) is 0 Å². The minimum Gasteiger partial charge on any atom is -0.393 e. The first-order chi connectivity index (χ1) is 10.0. The van der Waals surface area contributed by atoms with E-state index < -0.39 is 5.79 Å². The van der Waals surface area contributed by atoms with Gasteiger partial charge in [-0.05, 0) is 24.7 Å². The fourth-order valence-corrected chi connectivity index (χ4v) is 5.16.